The molecule has 0 amide bonds. The highest BCUT2D eigenvalue weighted by Gasteiger charge is 2.02. The number of H-pyrrole nitrogens is 2. The molecule has 12 heavy (non-hydrogen) atoms. The third kappa shape index (κ3) is 1.03. The summed E-state index contributed by atoms with van der Waals surface area (Å²) in [5.41, 5.74) is 1.10. The first-order valence-corrected chi connectivity index (χ1v) is 3.55. The van der Waals surface area contributed by atoms with Crippen LogP contribution in [0, 0.1) is 0 Å². The lowest BCUT2D eigenvalue weighted by molar-refractivity contribution is 1.06. The zero-order chi connectivity index (χ0) is 8.39. The molecule has 0 aliphatic heterocycles. The SMILES string of the molecule is O=c1[nH][nH]cc1-c1ccccn1. The third-order valence-corrected chi connectivity index (χ3v) is 1.59. The second-order valence-electron chi connectivity index (χ2n) is 2.37. The van der Waals surface area contributed by atoms with Crippen LogP contribution in [-0.4, -0.2) is 15.2 Å². The van der Waals surface area contributed by atoms with Crippen LogP contribution in [-0.2, 0) is 0 Å². The second-order valence-corrected chi connectivity index (χ2v) is 2.37. The van der Waals surface area contributed by atoms with Gasteiger partial charge in [0.05, 0.1) is 11.3 Å². The Morgan fingerprint density at radius 3 is 2.83 bits per heavy atom. The smallest absolute Gasteiger partial charge is 0.273 e. The normalized spacial score (nSPS) is 10.0. The summed E-state index contributed by atoms with van der Waals surface area (Å²) in [5.74, 6) is 0. The number of aromatic amines is 2. The minimum absolute atomic E-state index is 0.145. The predicted molar refractivity (Wildman–Crippen MR) is 44.6 cm³/mol. The monoisotopic (exact) mass is 161 g/mol. The number of nitrogens with one attached hydrogen (secondary N) is 2. The van der Waals surface area contributed by atoms with Gasteiger partial charge in [0.25, 0.3) is 5.56 Å². The van der Waals surface area contributed by atoms with Gasteiger partial charge in [-0.2, -0.15) is 0 Å². The minimum Gasteiger partial charge on any atom is -0.305 e. The summed E-state index contributed by atoms with van der Waals surface area (Å²) < 4.78 is 0. The molecule has 0 aliphatic carbocycles. The van der Waals surface area contributed by atoms with Crippen LogP contribution in [0.2, 0.25) is 0 Å². The number of hydrogen-bond donors (Lipinski definition) is 2. The fourth-order valence-corrected chi connectivity index (χ4v) is 1.02. The first-order valence-electron chi connectivity index (χ1n) is 3.55. The van der Waals surface area contributed by atoms with E-state index in [9.17, 15) is 4.79 Å². The fourth-order valence-electron chi connectivity index (χ4n) is 1.02. The van der Waals surface area contributed by atoms with Crippen LogP contribution in [0.4, 0.5) is 0 Å². The molecule has 2 N–H and O–H groups in total. The molecule has 2 rings (SSSR count). The molecule has 0 unspecified atom stereocenters. The van der Waals surface area contributed by atoms with Gasteiger partial charge < -0.3 is 5.10 Å². The van der Waals surface area contributed by atoms with Gasteiger partial charge in [-0.15, -0.1) is 0 Å². The topological polar surface area (TPSA) is 61.5 Å². The Bertz CT molecular complexity index is 415. The van der Waals surface area contributed by atoms with Gasteiger partial charge in [-0.05, 0) is 12.1 Å². The molecule has 0 fully saturated rings. The molecule has 0 saturated carbocycles. The van der Waals surface area contributed by atoms with Crippen molar-refractivity contribution in [1.29, 1.82) is 0 Å². The number of nitrogens with zero attached hydrogens (tertiary/aromatic N) is 1. The summed E-state index contributed by atoms with van der Waals surface area (Å²) in [4.78, 5) is 15.1. The van der Waals surface area contributed by atoms with Gasteiger partial charge in [-0.3, -0.25) is 14.9 Å². The van der Waals surface area contributed by atoms with Crippen LogP contribution in [0.5, 0.6) is 0 Å². The van der Waals surface area contributed by atoms with Gasteiger partial charge in [0.2, 0.25) is 0 Å². The van der Waals surface area contributed by atoms with Crippen molar-refractivity contribution in [2.75, 3.05) is 0 Å². The zero-order valence-electron chi connectivity index (χ0n) is 6.24. The van der Waals surface area contributed by atoms with Gasteiger partial charge in [-0.1, -0.05) is 6.07 Å². The van der Waals surface area contributed by atoms with E-state index in [1.54, 1.807) is 18.5 Å². The van der Waals surface area contributed by atoms with Crippen molar-refractivity contribution in [3.05, 3.63) is 40.9 Å². The highest BCUT2D eigenvalue weighted by Crippen LogP contribution is 2.08. The Morgan fingerprint density at radius 2 is 2.25 bits per heavy atom. The predicted octanol–water partition coefficient (Wildman–Crippen LogP) is 0.765. The Labute approximate surface area is 68.3 Å². The van der Waals surface area contributed by atoms with Crippen LogP contribution in [0.15, 0.2) is 35.4 Å². The van der Waals surface area contributed by atoms with Crippen LogP contribution in [0.3, 0.4) is 0 Å². The second kappa shape index (κ2) is 2.65. The van der Waals surface area contributed by atoms with Crippen LogP contribution >= 0.6 is 0 Å². The largest absolute Gasteiger partial charge is 0.305 e. The van der Waals surface area contributed by atoms with E-state index in [0.717, 1.165) is 0 Å². The summed E-state index contributed by atoms with van der Waals surface area (Å²) in [7, 11) is 0. The first-order chi connectivity index (χ1) is 5.88. The van der Waals surface area contributed by atoms with Crippen molar-refractivity contribution >= 4 is 0 Å². The fraction of sp³-hybridized carbons (Fsp3) is 0. The molecule has 0 atom stereocenters. The Morgan fingerprint density at radius 1 is 1.33 bits per heavy atom. The molecular weight excluding hydrogens is 154 g/mol. The van der Waals surface area contributed by atoms with Crippen molar-refractivity contribution in [1.82, 2.24) is 15.2 Å². The quantitative estimate of drug-likeness (QED) is 0.648. The average molecular weight is 161 g/mol. The lowest BCUT2D eigenvalue weighted by Gasteiger charge is -1.90. The maximum absolute atomic E-state index is 11.1. The summed E-state index contributed by atoms with van der Waals surface area (Å²) in [6.07, 6.45) is 3.26. The van der Waals surface area contributed by atoms with E-state index in [4.69, 9.17) is 0 Å². The Kier molecular flexibility index (Phi) is 1.51. The molecule has 2 aromatic rings. The van der Waals surface area contributed by atoms with Crippen LogP contribution < -0.4 is 5.56 Å². The summed E-state index contributed by atoms with van der Waals surface area (Å²) in [6, 6.07) is 5.44. The number of aromatic nitrogens is 3. The minimum atomic E-state index is -0.145. The van der Waals surface area contributed by atoms with E-state index in [1.807, 2.05) is 12.1 Å². The van der Waals surface area contributed by atoms with Crippen LogP contribution in [0.25, 0.3) is 11.3 Å². The molecule has 0 spiro atoms. The van der Waals surface area contributed by atoms with E-state index in [0.29, 0.717) is 11.3 Å². The maximum Gasteiger partial charge on any atom is 0.273 e. The Balaban J connectivity index is 2.59. The van der Waals surface area contributed by atoms with Crippen LogP contribution in [0.1, 0.15) is 0 Å². The molecular formula is C8H7N3O. The maximum atomic E-state index is 11.1. The van der Waals surface area contributed by atoms with E-state index in [1.165, 1.54) is 0 Å². The number of hydrogen-bond acceptors (Lipinski definition) is 2. The van der Waals surface area contributed by atoms with Crippen molar-refractivity contribution in [2.45, 2.75) is 0 Å². The van der Waals surface area contributed by atoms with Gasteiger partial charge in [0.15, 0.2) is 0 Å². The van der Waals surface area contributed by atoms with Gasteiger partial charge >= 0.3 is 0 Å². The van der Waals surface area contributed by atoms with Gasteiger partial charge in [0.1, 0.15) is 0 Å². The molecule has 0 saturated heterocycles. The van der Waals surface area contributed by atoms with Crippen molar-refractivity contribution in [3.8, 4) is 11.3 Å². The Hall–Kier alpha value is -1.84. The average Bonchev–Trinajstić information content (AvgIpc) is 2.53. The molecule has 4 nitrogen and oxygen atoms in total. The third-order valence-electron chi connectivity index (χ3n) is 1.59. The molecule has 4 heteroatoms. The van der Waals surface area contributed by atoms with Crippen molar-refractivity contribution in [3.63, 3.8) is 0 Å². The molecule has 0 aliphatic rings. The molecule has 2 heterocycles. The highest BCUT2D eigenvalue weighted by molar-refractivity contribution is 5.55. The van der Waals surface area contributed by atoms with Crippen molar-refractivity contribution < 1.29 is 0 Å². The zero-order valence-corrected chi connectivity index (χ0v) is 6.24. The molecule has 0 radical (unpaired) electrons. The van der Waals surface area contributed by atoms with E-state index < -0.39 is 0 Å². The highest BCUT2D eigenvalue weighted by atomic mass is 16.1. The molecule has 2 aromatic heterocycles. The summed E-state index contributed by atoms with van der Waals surface area (Å²) in [6.45, 7) is 0. The molecule has 0 bridgehead atoms. The van der Waals surface area contributed by atoms with Gasteiger partial charge in [0, 0.05) is 12.4 Å². The number of rotatable bonds is 1. The first kappa shape index (κ1) is 6.84. The summed E-state index contributed by atoms with van der Waals surface area (Å²) >= 11 is 0. The van der Waals surface area contributed by atoms with Crippen molar-refractivity contribution in [2.24, 2.45) is 0 Å². The molecule has 60 valence electrons. The lowest BCUT2D eigenvalue weighted by Crippen LogP contribution is -2.01. The van der Waals surface area contributed by atoms with E-state index in [-0.39, 0.29) is 5.56 Å². The molecule has 0 aromatic carbocycles. The summed E-state index contributed by atoms with van der Waals surface area (Å²) in [5, 5.41) is 5.07. The van der Waals surface area contributed by atoms with E-state index >= 15 is 0 Å². The van der Waals surface area contributed by atoms with Gasteiger partial charge in [-0.25, -0.2) is 0 Å². The standard InChI is InChI=1S/C8H7N3O/c12-8-6(5-10-11-8)7-3-1-2-4-9-7/h1-5H,(H2,10,11,12). The van der Waals surface area contributed by atoms with E-state index in [2.05, 4.69) is 15.2 Å². The number of pyridine rings is 1. The lowest BCUT2D eigenvalue weighted by atomic mass is 10.2.